The first-order valence-corrected chi connectivity index (χ1v) is 4.60. The van der Waals surface area contributed by atoms with E-state index in [0.29, 0.717) is 6.10 Å². The third kappa shape index (κ3) is 3.52. The summed E-state index contributed by atoms with van der Waals surface area (Å²) >= 11 is 0. The lowest BCUT2D eigenvalue weighted by Gasteiger charge is -2.35. The quantitative estimate of drug-likeness (QED) is 0.657. The summed E-state index contributed by atoms with van der Waals surface area (Å²) in [6, 6.07) is 0. The van der Waals surface area contributed by atoms with Gasteiger partial charge in [-0.1, -0.05) is 0 Å². The maximum atomic E-state index is 5.93. The monoisotopic (exact) mass is 172 g/mol. The molecule has 1 aliphatic heterocycles. The van der Waals surface area contributed by atoms with E-state index in [4.69, 9.17) is 10.5 Å². The Morgan fingerprint density at radius 2 is 2.25 bits per heavy atom. The number of hydrogen-bond donors (Lipinski definition) is 1. The molecule has 1 fully saturated rings. The van der Waals surface area contributed by atoms with Gasteiger partial charge < -0.3 is 10.5 Å². The van der Waals surface area contributed by atoms with E-state index < -0.39 is 0 Å². The summed E-state index contributed by atoms with van der Waals surface area (Å²) in [6.45, 7) is 10.1. The van der Waals surface area contributed by atoms with E-state index in [9.17, 15) is 0 Å². The standard InChI is InChI=1S/C9H20N2O/c1-8-6-11(4-5-12-8)7-9(2,3)10/h8H,4-7,10H2,1-3H3. The van der Waals surface area contributed by atoms with Gasteiger partial charge in [0, 0.05) is 25.2 Å². The van der Waals surface area contributed by atoms with Crippen LogP contribution in [0, 0.1) is 0 Å². The van der Waals surface area contributed by atoms with Gasteiger partial charge in [-0.05, 0) is 20.8 Å². The molecule has 1 unspecified atom stereocenters. The normalized spacial score (nSPS) is 27.5. The first kappa shape index (κ1) is 9.96. The zero-order chi connectivity index (χ0) is 9.19. The maximum Gasteiger partial charge on any atom is 0.0674 e. The van der Waals surface area contributed by atoms with Crippen molar-refractivity contribution < 1.29 is 4.74 Å². The molecule has 0 amide bonds. The van der Waals surface area contributed by atoms with E-state index in [2.05, 4.69) is 25.7 Å². The summed E-state index contributed by atoms with van der Waals surface area (Å²) in [4.78, 5) is 2.37. The second-order valence-corrected chi connectivity index (χ2v) is 4.41. The van der Waals surface area contributed by atoms with E-state index in [0.717, 1.165) is 26.2 Å². The van der Waals surface area contributed by atoms with Crippen molar-refractivity contribution >= 4 is 0 Å². The highest BCUT2D eigenvalue weighted by Crippen LogP contribution is 2.08. The van der Waals surface area contributed by atoms with Crippen molar-refractivity contribution in [2.45, 2.75) is 32.4 Å². The summed E-state index contributed by atoms with van der Waals surface area (Å²) in [5, 5.41) is 0. The number of nitrogens with two attached hydrogens (primary N) is 1. The molecule has 1 atom stereocenters. The van der Waals surface area contributed by atoms with Crippen LogP contribution in [-0.4, -0.2) is 42.8 Å². The van der Waals surface area contributed by atoms with Gasteiger partial charge in [-0.15, -0.1) is 0 Å². The zero-order valence-corrected chi connectivity index (χ0v) is 8.34. The van der Waals surface area contributed by atoms with Crippen molar-refractivity contribution in [2.75, 3.05) is 26.2 Å². The number of ether oxygens (including phenoxy) is 1. The van der Waals surface area contributed by atoms with E-state index in [1.807, 2.05) is 0 Å². The third-order valence-electron chi connectivity index (χ3n) is 1.96. The van der Waals surface area contributed by atoms with Crippen LogP contribution in [0.5, 0.6) is 0 Å². The molecule has 0 aromatic rings. The summed E-state index contributed by atoms with van der Waals surface area (Å²) in [7, 11) is 0. The van der Waals surface area contributed by atoms with Crippen LogP contribution >= 0.6 is 0 Å². The second kappa shape index (κ2) is 3.73. The molecule has 0 saturated carbocycles. The molecule has 0 bridgehead atoms. The van der Waals surface area contributed by atoms with Gasteiger partial charge >= 0.3 is 0 Å². The van der Waals surface area contributed by atoms with Gasteiger partial charge in [-0.2, -0.15) is 0 Å². The van der Waals surface area contributed by atoms with Crippen LogP contribution in [0.25, 0.3) is 0 Å². The highest BCUT2D eigenvalue weighted by atomic mass is 16.5. The third-order valence-corrected chi connectivity index (χ3v) is 1.96. The molecule has 0 spiro atoms. The van der Waals surface area contributed by atoms with E-state index in [-0.39, 0.29) is 5.54 Å². The SMILES string of the molecule is CC1CN(CC(C)(C)N)CCO1. The first-order chi connectivity index (χ1) is 5.47. The van der Waals surface area contributed by atoms with Gasteiger partial charge in [0.05, 0.1) is 12.7 Å². The fourth-order valence-corrected chi connectivity index (χ4v) is 1.61. The van der Waals surface area contributed by atoms with Gasteiger partial charge in [-0.3, -0.25) is 4.90 Å². The highest BCUT2D eigenvalue weighted by Gasteiger charge is 2.21. The van der Waals surface area contributed by atoms with Crippen molar-refractivity contribution in [1.29, 1.82) is 0 Å². The van der Waals surface area contributed by atoms with Crippen LogP contribution in [0.15, 0.2) is 0 Å². The Bertz CT molecular complexity index is 142. The number of morpholine rings is 1. The van der Waals surface area contributed by atoms with Crippen molar-refractivity contribution in [3.8, 4) is 0 Å². The highest BCUT2D eigenvalue weighted by molar-refractivity contribution is 4.79. The van der Waals surface area contributed by atoms with Crippen molar-refractivity contribution in [2.24, 2.45) is 5.73 Å². The van der Waals surface area contributed by atoms with Gasteiger partial charge in [0.2, 0.25) is 0 Å². The molecule has 0 aliphatic carbocycles. The van der Waals surface area contributed by atoms with Crippen LogP contribution < -0.4 is 5.73 Å². The fraction of sp³-hybridized carbons (Fsp3) is 1.00. The minimum atomic E-state index is -0.0862. The van der Waals surface area contributed by atoms with Gasteiger partial charge in [0.1, 0.15) is 0 Å². The van der Waals surface area contributed by atoms with E-state index in [1.165, 1.54) is 0 Å². The predicted molar refractivity (Wildman–Crippen MR) is 50.1 cm³/mol. The molecule has 1 aliphatic rings. The molecule has 1 rings (SSSR count). The molecular weight excluding hydrogens is 152 g/mol. The van der Waals surface area contributed by atoms with Crippen LogP contribution in [0.4, 0.5) is 0 Å². The Labute approximate surface area is 74.9 Å². The summed E-state index contributed by atoms with van der Waals surface area (Å²) < 4.78 is 5.44. The van der Waals surface area contributed by atoms with Gasteiger partial charge in [0.25, 0.3) is 0 Å². The molecule has 0 aromatic heterocycles. The van der Waals surface area contributed by atoms with Gasteiger partial charge in [0.15, 0.2) is 0 Å². The number of hydrogen-bond acceptors (Lipinski definition) is 3. The molecule has 0 aromatic carbocycles. The van der Waals surface area contributed by atoms with Crippen LogP contribution in [-0.2, 0) is 4.74 Å². The summed E-state index contributed by atoms with van der Waals surface area (Å²) in [5.41, 5.74) is 5.84. The minimum absolute atomic E-state index is 0.0862. The summed E-state index contributed by atoms with van der Waals surface area (Å²) in [5.74, 6) is 0. The number of nitrogens with zero attached hydrogens (tertiary/aromatic N) is 1. The summed E-state index contributed by atoms with van der Waals surface area (Å²) in [6.07, 6.45) is 0.362. The van der Waals surface area contributed by atoms with Crippen LogP contribution in [0.1, 0.15) is 20.8 Å². The molecular formula is C9H20N2O. The largest absolute Gasteiger partial charge is 0.376 e. The maximum absolute atomic E-state index is 5.93. The molecule has 3 heteroatoms. The Balaban J connectivity index is 2.32. The Morgan fingerprint density at radius 1 is 1.58 bits per heavy atom. The lowest BCUT2D eigenvalue weighted by atomic mass is 10.1. The molecule has 72 valence electrons. The van der Waals surface area contributed by atoms with Crippen molar-refractivity contribution in [3.05, 3.63) is 0 Å². The molecule has 0 radical (unpaired) electrons. The number of rotatable bonds is 2. The topological polar surface area (TPSA) is 38.5 Å². The average molecular weight is 172 g/mol. The van der Waals surface area contributed by atoms with E-state index >= 15 is 0 Å². The Morgan fingerprint density at radius 3 is 2.75 bits per heavy atom. The average Bonchev–Trinajstić information content (AvgIpc) is 1.82. The second-order valence-electron chi connectivity index (χ2n) is 4.41. The molecule has 3 nitrogen and oxygen atoms in total. The molecule has 2 N–H and O–H groups in total. The van der Waals surface area contributed by atoms with E-state index in [1.54, 1.807) is 0 Å². The lowest BCUT2D eigenvalue weighted by molar-refractivity contribution is -0.0232. The van der Waals surface area contributed by atoms with Crippen molar-refractivity contribution in [1.82, 2.24) is 4.90 Å². The minimum Gasteiger partial charge on any atom is -0.376 e. The predicted octanol–water partition coefficient (Wildman–Crippen LogP) is 0.444. The molecule has 1 heterocycles. The smallest absolute Gasteiger partial charge is 0.0674 e. The lowest BCUT2D eigenvalue weighted by Crippen LogP contribution is -2.50. The first-order valence-electron chi connectivity index (χ1n) is 4.60. The Kier molecular flexibility index (Phi) is 3.09. The molecule has 12 heavy (non-hydrogen) atoms. The van der Waals surface area contributed by atoms with Crippen molar-refractivity contribution in [3.63, 3.8) is 0 Å². The van der Waals surface area contributed by atoms with Crippen LogP contribution in [0.3, 0.4) is 0 Å². The van der Waals surface area contributed by atoms with Gasteiger partial charge in [-0.25, -0.2) is 0 Å². The molecule has 1 saturated heterocycles. The fourth-order valence-electron chi connectivity index (χ4n) is 1.61. The Hall–Kier alpha value is -0.120. The van der Waals surface area contributed by atoms with Crippen LogP contribution in [0.2, 0.25) is 0 Å². The zero-order valence-electron chi connectivity index (χ0n) is 8.34.